The molecule has 1 atom stereocenters. The van der Waals surface area contributed by atoms with Gasteiger partial charge in [-0.05, 0) is 45.4 Å². The highest BCUT2D eigenvalue weighted by molar-refractivity contribution is 9.10. The Morgan fingerprint density at radius 3 is 2.32 bits per heavy atom. The van der Waals surface area contributed by atoms with Gasteiger partial charge in [-0.25, -0.2) is 4.39 Å². The molecule has 0 spiro atoms. The van der Waals surface area contributed by atoms with Gasteiger partial charge in [-0.15, -0.1) is 0 Å². The number of aliphatic carboxylic acids is 1. The maximum atomic E-state index is 14.3. The van der Waals surface area contributed by atoms with Gasteiger partial charge < -0.3 is 14.4 Å². The quantitative estimate of drug-likeness (QED) is 0.817. The third-order valence-electron chi connectivity index (χ3n) is 4.36. The van der Waals surface area contributed by atoms with E-state index in [1.165, 1.54) is 6.07 Å². The molecule has 1 aromatic rings. The summed E-state index contributed by atoms with van der Waals surface area (Å²) in [6, 6.07) is 4.56. The Balaban J connectivity index is 2.38. The van der Waals surface area contributed by atoms with Crippen LogP contribution in [0.4, 0.5) is 4.39 Å². The van der Waals surface area contributed by atoms with Crippen molar-refractivity contribution < 1.29 is 23.6 Å². The first-order valence-corrected chi connectivity index (χ1v) is 7.85. The van der Waals surface area contributed by atoms with E-state index in [1.807, 2.05) is 27.7 Å². The Hall–Kier alpha value is -0.915. The lowest BCUT2D eigenvalue weighted by Crippen LogP contribution is -2.41. The van der Waals surface area contributed by atoms with Crippen molar-refractivity contribution in [3.63, 3.8) is 0 Å². The second-order valence-corrected chi connectivity index (χ2v) is 7.41. The van der Waals surface area contributed by atoms with Crippen LogP contribution in [0.25, 0.3) is 0 Å². The zero-order valence-electron chi connectivity index (χ0n) is 13.0. The molecule has 0 aromatic heterocycles. The van der Waals surface area contributed by atoms with Gasteiger partial charge in [-0.3, -0.25) is 4.79 Å². The van der Waals surface area contributed by atoms with Crippen molar-refractivity contribution in [1.82, 2.24) is 0 Å². The molecule has 0 saturated carbocycles. The predicted molar refractivity (Wildman–Crippen MR) is 85.2 cm³/mol. The van der Waals surface area contributed by atoms with Crippen LogP contribution in [0.15, 0.2) is 22.7 Å². The van der Waals surface area contributed by atoms with E-state index in [-0.39, 0.29) is 12.0 Å². The fourth-order valence-corrected chi connectivity index (χ4v) is 2.73. The van der Waals surface area contributed by atoms with Crippen LogP contribution in [0, 0.1) is 5.82 Å². The third-order valence-corrected chi connectivity index (χ3v) is 4.85. The van der Waals surface area contributed by atoms with E-state index >= 15 is 0 Å². The Kier molecular flexibility index (Phi) is 4.71. The molecule has 2 rings (SSSR count). The molecule has 1 aromatic carbocycles. The number of carboxylic acid groups (broad SMARTS) is 1. The van der Waals surface area contributed by atoms with Gasteiger partial charge in [0, 0.05) is 10.3 Å². The first-order chi connectivity index (χ1) is 10.0. The highest BCUT2D eigenvalue weighted by Gasteiger charge is 2.54. The Morgan fingerprint density at radius 1 is 1.32 bits per heavy atom. The van der Waals surface area contributed by atoms with Crippen LogP contribution in [0.1, 0.15) is 45.5 Å². The first kappa shape index (κ1) is 17.4. The number of rotatable bonds is 4. The van der Waals surface area contributed by atoms with Crippen LogP contribution in [0.3, 0.4) is 0 Å². The molecule has 1 aliphatic heterocycles. The maximum Gasteiger partial charge on any atom is 0.466 e. The van der Waals surface area contributed by atoms with E-state index in [9.17, 15) is 9.18 Å². The molecule has 120 valence electrons. The average Bonchev–Trinajstić information content (AvgIpc) is 2.56. The standard InChI is InChI=1S/C15H19BBrFO4/c1-14(2)15(3,4)22-16(21-14)11(8-13(19)20)10-6-5-9(17)7-12(10)18/h5-7,11H,8H2,1-4H3,(H,19,20). The van der Waals surface area contributed by atoms with Gasteiger partial charge in [0.15, 0.2) is 0 Å². The van der Waals surface area contributed by atoms with E-state index < -0.39 is 35.9 Å². The molecule has 0 bridgehead atoms. The van der Waals surface area contributed by atoms with Gasteiger partial charge >= 0.3 is 13.1 Å². The molecule has 1 N–H and O–H groups in total. The lowest BCUT2D eigenvalue weighted by Gasteiger charge is -2.32. The molecule has 1 fully saturated rings. The van der Waals surface area contributed by atoms with Crippen molar-refractivity contribution in [3.05, 3.63) is 34.1 Å². The smallest absolute Gasteiger partial charge is 0.466 e. The van der Waals surface area contributed by atoms with E-state index in [0.717, 1.165) is 0 Å². The lowest BCUT2D eigenvalue weighted by molar-refractivity contribution is -0.137. The van der Waals surface area contributed by atoms with Crippen LogP contribution >= 0.6 is 15.9 Å². The molecule has 0 radical (unpaired) electrons. The van der Waals surface area contributed by atoms with Crippen LogP contribution in [0.5, 0.6) is 0 Å². The van der Waals surface area contributed by atoms with Crippen molar-refractivity contribution in [2.75, 3.05) is 0 Å². The monoisotopic (exact) mass is 372 g/mol. The van der Waals surface area contributed by atoms with E-state index in [4.69, 9.17) is 14.4 Å². The minimum atomic E-state index is -1.03. The highest BCUT2D eigenvalue weighted by Crippen LogP contribution is 2.42. The summed E-state index contributed by atoms with van der Waals surface area (Å²) in [6.07, 6.45) is -0.268. The summed E-state index contributed by atoms with van der Waals surface area (Å²) in [5.74, 6) is -2.22. The van der Waals surface area contributed by atoms with Crippen molar-refractivity contribution in [3.8, 4) is 0 Å². The van der Waals surface area contributed by atoms with Crippen molar-refractivity contribution in [2.45, 2.75) is 51.1 Å². The Bertz CT molecular complexity index is 575. The number of carboxylic acids is 1. The summed E-state index contributed by atoms with van der Waals surface area (Å²) >= 11 is 3.20. The van der Waals surface area contributed by atoms with E-state index in [0.29, 0.717) is 4.47 Å². The van der Waals surface area contributed by atoms with Crippen molar-refractivity contribution in [2.24, 2.45) is 0 Å². The molecule has 22 heavy (non-hydrogen) atoms. The van der Waals surface area contributed by atoms with Gasteiger partial charge in [0.2, 0.25) is 0 Å². The number of halogens is 2. The topological polar surface area (TPSA) is 55.8 Å². The summed E-state index contributed by atoms with van der Waals surface area (Å²) < 4.78 is 26.7. The molecular weight excluding hydrogens is 354 g/mol. The summed E-state index contributed by atoms with van der Waals surface area (Å²) in [6.45, 7) is 7.51. The molecule has 0 aliphatic carbocycles. The van der Waals surface area contributed by atoms with Crippen LogP contribution in [0.2, 0.25) is 0 Å². The normalized spacial score (nSPS) is 20.9. The molecule has 1 saturated heterocycles. The zero-order chi connectivity index (χ0) is 16.7. The minimum absolute atomic E-state index is 0.268. The number of benzene rings is 1. The summed E-state index contributed by atoms with van der Waals surface area (Å²) in [4.78, 5) is 11.2. The summed E-state index contributed by atoms with van der Waals surface area (Å²) in [5, 5.41) is 9.17. The van der Waals surface area contributed by atoms with Crippen molar-refractivity contribution >= 4 is 29.0 Å². The SMILES string of the molecule is CC1(C)OB(C(CC(=O)O)c2ccc(Br)cc2F)OC1(C)C. The molecule has 7 heteroatoms. The number of hydrogen-bond donors (Lipinski definition) is 1. The maximum absolute atomic E-state index is 14.3. The molecule has 1 aliphatic rings. The fourth-order valence-electron chi connectivity index (χ4n) is 2.40. The second kappa shape index (κ2) is 5.94. The third kappa shape index (κ3) is 3.36. The van der Waals surface area contributed by atoms with Crippen molar-refractivity contribution in [1.29, 1.82) is 0 Å². The van der Waals surface area contributed by atoms with Gasteiger partial charge in [0.05, 0.1) is 17.6 Å². The van der Waals surface area contributed by atoms with Gasteiger partial charge in [0.1, 0.15) is 5.82 Å². The largest absolute Gasteiger partial charge is 0.481 e. The van der Waals surface area contributed by atoms with Crippen LogP contribution < -0.4 is 0 Å². The highest BCUT2D eigenvalue weighted by atomic mass is 79.9. The fraction of sp³-hybridized carbons (Fsp3) is 0.533. The Morgan fingerprint density at radius 2 is 1.86 bits per heavy atom. The number of hydrogen-bond acceptors (Lipinski definition) is 3. The molecular formula is C15H19BBrFO4. The zero-order valence-corrected chi connectivity index (χ0v) is 14.6. The lowest BCUT2D eigenvalue weighted by atomic mass is 9.66. The van der Waals surface area contributed by atoms with E-state index in [1.54, 1.807) is 12.1 Å². The van der Waals surface area contributed by atoms with Crippen LogP contribution in [-0.2, 0) is 14.1 Å². The van der Waals surface area contributed by atoms with Crippen LogP contribution in [-0.4, -0.2) is 29.4 Å². The summed E-state index contributed by atoms with van der Waals surface area (Å²) in [7, 11) is -0.809. The molecule has 1 unspecified atom stereocenters. The second-order valence-electron chi connectivity index (χ2n) is 6.49. The average molecular weight is 373 g/mol. The van der Waals surface area contributed by atoms with E-state index in [2.05, 4.69) is 15.9 Å². The first-order valence-electron chi connectivity index (χ1n) is 7.06. The molecule has 0 amide bonds. The number of carbonyl (C=O) groups is 1. The van der Waals surface area contributed by atoms with Gasteiger partial charge in [-0.2, -0.15) is 0 Å². The van der Waals surface area contributed by atoms with Gasteiger partial charge in [0.25, 0.3) is 0 Å². The predicted octanol–water partition coefficient (Wildman–Crippen LogP) is 3.78. The van der Waals surface area contributed by atoms with Gasteiger partial charge in [-0.1, -0.05) is 22.0 Å². The molecule has 1 heterocycles. The Labute approximate surface area is 138 Å². The summed E-state index contributed by atoms with van der Waals surface area (Å²) in [5.41, 5.74) is -0.912. The minimum Gasteiger partial charge on any atom is -0.481 e. The molecule has 4 nitrogen and oxygen atoms in total.